The molecule has 0 amide bonds. The maximum absolute atomic E-state index is 4.02. The zero-order valence-corrected chi connectivity index (χ0v) is 7.51. The molecule has 0 radical (unpaired) electrons. The number of aryl methyl sites for hydroxylation is 1. The highest BCUT2D eigenvalue weighted by atomic mass is 32.1. The van der Waals surface area contributed by atoms with E-state index >= 15 is 0 Å². The quantitative estimate of drug-likeness (QED) is 0.667. The first-order valence-electron chi connectivity index (χ1n) is 3.71. The minimum absolute atomic E-state index is 0.970. The average Bonchev–Trinajstić information content (AvgIpc) is 2.57. The molecule has 0 saturated carbocycles. The smallest absolute Gasteiger partial charge is 0.106 e. The maximum atomic E-state index is 4.02. The Bertz CT molecular complexity index is 368. The van der Waals surface area contributed by atoms with Gasteiger partial charge in [-0.2, -0.15) is 0 Å². The molecule has 0 aliphatic rings. The van der Waals surface area contributed by atoms with Gasteiger partial charge in [0.25, 0.3) is 0 Å². The van der Waals surface area contributed by atoms with Gasteiger partial charge in [0.2, 0.25) is 0 Å². The van der Waals surface area contributed by atoms with E-state index in [9.17, 15) is 0 Å². The Morgan fingerprint density at radius 1 is 1.25 bits per heavy atom. The molecule has 1 aromatic heterocycles. The third-order valence-electron chi connectivity index (χ3n) is 1.78. The first-order valence-corrected chi connectivity index (χ1v) is 4.54. The Morgan fingerprint density at radius 3 is 2.75 bits per heavy atom. The topological polar surface area (TPSA) is 25.8 Å². The summed E-state index contributed by atoms with van der Waals surface area (Å²) in [6.07, 6.45) is 0. The van der Waals surface area contributed by atoms with Gasteiger partial charge in [0.1, 0.15) is 5.69 Å². The van der Waals surface area contributed by atoms with E-state index in [1.165, 1.54) is 22.7 Å². The van der Waals surface area contributed by atoms with Crippen LogP contribution in [0, 0.1) is 6.92 Å². The largest absolute Gasteiger partial charge is 0.138 e. The molecule has 1 aromatic carbocycles. The molecule has 12 heavy (non-hydrogen) atoms. The van der Waals surface area contributed by atoms with Crippen LogP contribution in [-0.4, -0.2) is 9.59 Å². The molecule has 1 heterocycles. The van der Waals surface area contributed by atoms with Gasteiger partial charge in [-0.05, 0) is 24.0 Å². The van der Waals surface area contributed by atoms with E-state index in [-0.39, 0.29) is 0 Å². The van der Waals surface area contributed by atoms with Gasteiger partial charge in [0, 0.05) is 10.9 Å². The zero-order chi connectivity index (χ0) is 8.39. The standard InChI is InChI=1S/C9H8N2S/c1-7-4-2-3-5-8(7)9-6-12-11-10-9/h2-6H,1H3. The fourth-order valence-electron chi connectivity index (χ4n) is 1.14. The highest BCUT2D eigenvalue weighted by Crippen LogP contribution is 2.20. The van der Waals surface area contributed by atoms with Crippen LogP contribution in [0.5, 0.6) is 0 Å². The van der Waals surface area contributed by atoms with Gasteiger partial charge in [-0.15, -0.1) is 5.10 Å². The molecule has 60 valence electrons. The molecule has 0 atom stereocenters. The number of benzene rings is 1. The lowest BCUT2D eigenvalue weighted by Crippen LogP contribution is -1.81. The Morgan fingerprint density at radius 2 is 2.08 bits per heavy atom. The van der Waals surface area contributed by atoms with Crippen molar-refractivity contribution >= 4 is 11.5 Å². The molecule has 0 unspecified atom stereocenters. The zero-order valence-electron chi connectivity index (χ0n) is 6.69. The third-order valence-corrected chi connectivity index (χ3v) is 2.29. The van der Waals surface area contributed by atoms with Crippen molar-refractivity contribution in [3.05, 3.63) is 35.2 Å². The summed E-state index contributed by atoms with van der Waals surface area (Å²) < 4.78 is 3.83. The van der Waals surface area contributed by atoms with Crippen LogP contribution in [0.25, 0.3) is 11.3 Å². The monoisotopic (exact) mass is 176 g/mol. The van der Waals surface area contributed by atoms with Crippen molar-refractivity contribution in [3.8, 4) is 11.3 Å². The second kappa shape index (κ2) is 3.03. The fraction of sp³-hybridized carbons (Fsp3) is 0.111. The van der Waals surface area contributed by atoms with E-state index in [2.05, 4.69) is 28.6 Å². The summed E-state index contributed by atoms with van der Waals surface area (Å²) in [5.74, 6) is 0. The summed E-state index contributed by atoms with van der Waals surface area (Å²) in [6, 6.07) is 8.18. The normalized spacial score (nSPS) is 10.1. The molecule has 0 fully saturated rings. The van der Waals surface area contributed by atoms with E-state index in [0.29, 0.717) is 0 Å². The first kappa shape index (κ1) is 7.43. The summed E-state index contributed by atoms with van der Waals surface area (Å²) in [7, 11) is 0. The minimum atomic E-state index is 0.970. The lowest BCUT2D eigenvalue weighted by Gasteiger charge is -1.98. The molecule has 0 aliphatic carbocycles. The van der Waals surface area contributed by atoms with Crippen LogP contribution in [0.4, 0.5) is 0 Å². The highest BCUT2D eigenvalue weighted by Gasteiger charge is 2.01. The van der Waals surface area contributed by atoms with Crippen LogP contribution < -0.4 is 0 Å². The molecule has 0 spiro atoms. The Balaban J connectivity index is 2.55. The highest BCUT2D eigenvalue weighted by molar-refractivity contribution is 7.03. The molecule has 3 heteroatoms. The molecule has 0 bridgehead atoms. The van der Waals surface area contributed by atoms with Gasteiger partial charge in [-0.25, -0.2) is 0 Å². The Kier molecular flexibility index (Phi) is 1.87. The number of nitrogens with zero attached hydrogens (tertiary/aromatic N) is 2. The second-order valence-corrected chi connectivity index (χ2v) is 3.21. The van der Waals surface area contributed by atoms with Gasteiger partial charge < -0.3 is 0 Å². The molecule has 0 aliphatic heterocycles. The lowest BCUT2D eigenvalue weighted by molar-refractivity contribution is 1.16. The van der Waals surface area contributed by atoms with Crippen LogP contribution in [0.3, 0.4) is 0 Å². The molecule has 0 N–H and O–H groups in total. The van der Waals surface area contributed by atoms with Crippen LogP contribution in [-0.2, 0) is 0 Å². The molecule has 2 aromatic rings. The summed E-state index contributed by atoms with van der Waals surface area (Å²) in [4.78, 5) is 0. The molecule has 2 nitrogen and oxygen atoms in total. The predicted molar refractivity (Wildman–Crippen MR) is 50.1 cm³/mol. The van der Waals surface area contributed by atoms with Crippen molar-refractivity contribution < 1.29 is 0 Å². The van der Waals surface area contributed by atoms with Gasteiger partial charge >= 0.3 is 0 Å². The average molecular weight is 176 g/mol. The SMILES string of the molecule is Cc1ccccc1-c1csnn1. The number of aromatic nitrogens is 2. The van der Waals surface area contributed by atoms with Gasteiger partial charge in [-0.1, -0.05) is 28.8 Å². The number of rotatable bonds is 1. The van der Waals surface area contributed by atoms with E-state index < -0.39 is 0 Å². The molecular formula is C9H8N2S. The van der Waals surface area contributed by atoms with Gasteiger partial charge in [0.15, 0.2) is 0 Å². The predicted octanol–water partition coefficient (Wildman–Crippen LogP) is 2.51. The van der Waals surface area contributed by atoms with E-state index in [1.54, 1.807) is 0 Å². The van der Waals surface area contributed by atoms with Crippen LogP contribution >= 0.6 is 11.5 Å². The van der Waals surface area contributed by atoms with E-state index in [0.717, 1.165) is 5.69 Å². The van der Waals surface area contributed by atoms with Crippen molar-refractivity contribution in [2.45, 2.75) is 6.92 Å². The molecule has 0 saturated heterocycles. The maximum Gasteiger partial charge on any atom is 0.106 e. The second-order valence-electron chi connectivity index (χ2n) is 2.61. The van der Waals surface area contributed by atoms with Crippen molar-refractivity contribution in [1.29, 1.82) is 0 Å². The van der Waals surface area contributed by atoms with E-state index in [4.69, 9.17) is 0 Å². The third kappa shape index (κ3) is 1.23. The summed E-state index contributed by atoms with van der Waals surface area (Å²) >= 11 is 1.38. The Labute approximate surface area is 75.0 Å². The minimum Gasteiger partial charge on any atom is -0.138 e. The van der Waals surface area contributed by atoms with Crippen LogP contribution in [0.15, 0.2) is 29.6 Å². The number of hydrogen-bond acceptors (Lipinski definition) is 3. The van der Waals surface area contributed by atoms with Gasteiger partial charge in [0.05, 0.1) is 0 Å². The lowest BCUT2D eigenvalue weighted by atomic mass is 10.1. The van der Waals surface area contributed by atoms with Crippen molar-refractivity contribution in [3.63, 3.8) is 0 Å². The van der Waals surface area contributed by atoms with Crippen molar-refractivity contribution in [2.75, 3.05) is 0 Å². The van der Waals surface area contributed by atoms with Crippen LogP contribution in [0.2, 0.25) is 0 Å². The summed E-state index contributed by atoms with van der Waals surface area (Å²) in [5, 5.41) is 5.98. The summed E-state index contributed by atoms with van der Waals surface area (Å²) in [6.45, 7) is 2.08. The fourth-order valence-corrected chi connectivity index (χ4v) is 1.60. The van der Waals surface area contributed by atoms with E-state index in [1.807, 2.05) is 17.5 Å². The summed E-state index contributed by atoms with van der Waals surface area (Å²) in [5.41, 5.74) is 3.38. The number of hydrogen-bond donors (Lipinski definition) is 0. The Hall–Kier alpha value is -1.22. The first-order chi connectivity index (χ1) is 5.88. The van der Waals surface area contributed by atoms with Gasteiger partial charge in [-0.3, -0.25) is 0 Å². The van der Waals surface area contributed by atoms with Crippen molar-refractivity contribution in [1.82, 2.24) is 9.59 Å². The van der Waals surface area contributed by atoms with Crippen LogP contribution in [0.1, 0.15) is 5.56 Å². The molecule has 2 rings (SSSR count). The molecular weight excluding hydrogens is 168 g/mol. The van der Waals surface area contributed by atoms with Crippen molar-refractivity contribution in [2.24, 2.45) is 0 Å².